The van der Waals surface area contributed by atoms with Crippen LogP contribution in [0.15, 0.2) is 0 Å². The minimum Gasteiger partial charge on any atom is -0.248 e. The molecule has 0 heterocycles. The summed E-state index contributed by atoms with van der Waals surface area (Å²) in [6.45, 7) is -0.479. The van der Waals surface area contributed by atoms with E-state index in [9.17, 15) is 4.39 Å². The fourth-order valence-corrected chi connectivity index (χ4v) is 0. The van der Waals surface area contributed by atoms with Gasteiger partial charge in [0.1, 0.15) is 6.67 Å². The van der Waals surface area contributed by atoms with E-state index >= 15 is 0 Å². The highest BCUT2D eigenvalue weighted by molar-refractivity contribution is 9.39. The Kier molecular flexibility index (Phi) is 3.22. The van der Waals surface area contributed by atoms with E-state index in [-0.39, 0.29) is 0 Å². The first-order valence-corrected chi connectivity index (χ1v) is 3.57. The quantitative estimate of drug-likeness (QED) is 0.600. The lowest BCUT2D eigenvalue weighted by atomic mass is 10.9. The molecule has 0 unspecified atom stereocenters. The SMILES string of the molecule is FCC(Br)(Br)Br. The van der Waals surface area contributed by atoms with Crippen LogP contribution in [-0.2, 0) is 0 Å². The molecular weight excluding hydrogens is 283 g/mol. The van der Waals surface area contributed by atoms with Crippen LogP contribution in [0.1, 0.15) is 0 Å². The summed E-state index contributed by atoms with van der Waals surface area (Å²) >= 11 is 8.81. The summed E-state index contributed by atoms with van der Waals surface area (Å²) < 4.78 is 10.7. The highest BCUT2D eigenvalue weighted by Crippen LogP contribution is 2.33. The van der Waals surface area contributed by atoms with Gasteiger partial charge in [0.2, 0.25) is 0 Å². The van der Waals surface area contributed by atoms with Gasteiger partial charge >= 0.3 is 0 Å². The first kappa shape index (κ1) is 7.37. The zero-order chi connectivity index (χ0) is 5.21. The van der Waals surface area contributed by atoms with Gasteiger partial charge in [0, 0.05) is 0 Å². The third-order valence-electron chi connectivity index (χ3n) is 0.152. The van der Waals surface area contributed by atoms with Crippen LogP contribution in [0.3, 0.4) is 0 Å². The Bertz CT molecular complexity index is 38.5. The Labute approximate surface area is 60.9 Å². The highest BCUT2D eigenvalue weighted by atomic mass is 80.0. The van der Waals surface area contributed by atoms with Gasteiger partial charge in [-0.3, -0.25) is 0 Å². The van der Waals surface area contributed by atoms with Gasteiger partial charge in [-0.25, -0.2) is 4.39 Å². The summed E-state index contributed by atoms with van der Waals surface area (Å²) in [6.07, 6.45) is 0. The maximum Gasteiger partial charge on any atom is 0.163 e. The van der Waals surface area contributed by atoms with Gasteiger partial charge in [-0.2, -0.15) is 0 Å². The lowest BCUT2D eigenvalue weighted by molar-refractivity contribution is 0.519. The van der Waals surface area contributed by atoms with Crippen LogP contribution in [0.2, 0.25) is 0 Å². The fourth-order valence-electron chi connectivity index (χ4n) is 0. The van der Waals surface area contributed by atoms with Crippen LogP contribution < -0.4 is 0 Å². The van der Waals surface area contributed by atoms with Crippen molar-refractivity contribution in [2.75, 3.05) is 6.67 Å². The molecule has 0 aliphatic heterocycles. The van der Waals surface area contributed by atoms with Crippen LogP contribution in [-0.4, -0.2) is 8.82 Å². The lowest BCUT2D eigenvalue weighted by Gasteiger charge is -2.01. The van der Waals surface area contributed by atoms with E-state index in [4.69, 9.17) is 0 Å². The third-order valence-corrected chi connectivity index (χ3v) is 0.787. The van der Waals surface area contributed by atoms with Crippen molar-refractivity contribution >= 4 is 47.8 Å². The Balaban J connectivity index is 3.17. The Morgan fingerprint density at radius 3 is 1.50 bits per heavy atom. The maximum atomic E-state index is 11.4. The number of hydrogen-bond acceptors (Lipinski definition) is 0. The van der Waals surface area contributed by atoms with Crippen molar-refractivity contribution in [1.29, 1.82) is 0 Å². The molecular formula is C2H2Br3F. The van der Waals surface area contributed by atoms with E-state index in [2.05, 4.69) is 47.8 Å². The number of alkyl halides is 4. The molecule has 0 aliphatic carbocycles. The third kappa shape index (κ3) is 5.37. The first-order chi connectivity index (χ1) is 2.56. The van der Waals surface area contributed by atoms with Gasteiger partial charge in [0.25, 0.3) is 0 Å². The molecule has 0 nitrogen and oxygen atoms in total. The van der Waals surface area contributed by atoms with Crippen molar-refractivity contribution in [2.45, 2.75) is 2.14 Å². The number of rotatable bonds is 0. The van der Waals surface area contributed by atoms with Crippen molar-refractivity contribution < 1.29 is 4.39 Å². The van der Waals surface area contributed by atoms with Crippen LogP contribution >= 0.6 is 47.8 Å². The van der Waals surface area contributed by atoms with Gasteiger partial charge in [0.15, 0.2) is 2.14 Å². The summed E-state index contributed by atoms with van der Waals surface area (Å²) in [6, 6.07) is 0. The van der Waals surface area contributed by atoms with Gasteiger partial charge in [-0.05, 0) is 0 Å². The molecule has 0 aromatic heterocycles. The van der Waals surface area contributed by atoms with Crippen molar-refractivity contribution in [3.8, 4) is 0 Å². The molecule has 4 heteroatoms. The molecule has 0 aromatic rings. The zero-order valence-electron chi connectivity index (χ0n) is 2.72. The van der Waals surface area contributed by atoms with Gasteiger partial charge in [-0.15, -0.1) is 0 Å². The summed E-state index contributed by atoms with van der Waals surface area (Å²) in [5.41, 5.74) is 0. The second-order valence-electron chi connectivity index (χ2n) is 0.749. The Morgan fingerprint density at radius 2 is 1.50 bits per heavy atom. The van der Waals surface area contributed by atoms with E-state index in [1.54, 1.807) is 0 Å². The second kappa shape index (κ2) is 2.62. The Morgan fingerprint density at radius 1 is 1.33 bits per heavy atom. The van der Waals surface area contributed by atoms with Crippen molar-refractivity contribution in [1.82, 2.24) is 0 Å². The molecule has 0 saturated heterocycles. The minimum atomic E-state index is -0.688. The van der Waals surface area contributed by atoms with Crippen LogP contribution in [0.4, 0.5) is 4.39 Å². The smallest absolute Gasteiger partial charge is 0.163 e. The largest absolute Gasteiger partial charge is 0.248 e. The summed E-state index contributed by atoms with van der Waals surface area (Å²) in [7, 11) is 0. The highest BCUT2D eigenvalue weighted by Gasteiger charge is 2.15. The fraction of sp³-hybridized carbons (Fsp3) is 1.00. The summed E-state index contributed by atoms with van der Waals surface area (Å²) in [5.74, 6) is 0. The average molecular weight is 285 g/mol. The van der Waals surface area contributed by atoms with Gasteiger partial charge < -0.3 is 0 Å². The lowest BCUT2D eigenvalue weighted by Crippen LogP contribution is -1.99. The van der Waals surface area contributed by atoms with Crippen molar-refractivity contribution in [3.05, 3.63) is 0 Å². The molecule has 0 radical (unpaired) electrons. The summed E-state index contributed by atoms with van der Waals surface area (Å²) in [5, 5.41) is 0. The Hall–Kier alpha value is 1.37. The number of hydrogen-bond donors (Lipinski definition) is 0. The molecule has 0 aromatic carbocycles. The predicted molar refractivity (Wildman–Crippen MR) is 35.5 cm³/mol. The van der Waals surface area contributed by atoms with E-state index in [1.165, 1.54) is 0 Å². The molecule has 0 saturated carbocycles. The molecule has 38 valence electrons. The predicted octanol–water partition coefficient (Wildman–Crippen LogP) is 2.79. The normalized spacial score (nSPS) is 12.0. The molecule has 6 heavy (non-hydrogen) atoms. The molecule has 0 rings (SSSR count). The second-order valence-corrected chi connectivity index (χ2v) is 8.00. The van der Waals surface area contributed by atoms with Crippen molar-refractivity contribution in [2.24, 2.45) is 0 Å². The minimum absolute atomic E-state index is 0.479. The van der Waals surface area contributed by atoms with Crippen LogP contribution in [0.5, 0.6) is 0 Å². The van der Waals surface area contributed by atoms with Crippen LogP contribution in [0, 0.1) is 0 Å². The van der Waals surface area contributed by atoms with E-state index in [1.807, 2.05) is 0 Å². The molecule has 0 N–H and O–H groups in total. The van der Waals surface area contributed by atoms with Crippen LogP contribution in [0.25, 0.3) is 0 Å². The molecule has 0 aliphatic rings. The standard InChI is InChI=1S/C2H2Br3F/c3-2(4,5)1-6/h1H2. The first-order valence-electron chi connectivity index (χ1n) is 1.19. The monoisotopic (exact) mass is 282 g/mol. The maximum absolute atomic E-state index is 11.4. The van der Waals surface area contributed by atoms with E-state index in [0.717, 1.165) is 0 Å². The summed E-state index contributed by atoms with van der Waals surface area (Å²) in [4.78, 5) is 0. The molecule has 0 atom stereocenters. The molecule has 0 bridgehead atoms. The molecule has 0 spiro atoms. The van der Waals surface area contributed by atoms with Crippen molar-refractivity contribution in [3.63, 3.8) is 0 Å². The van der Waals surface area contributed by atoms with Gasteiger partial charge in [-0.1, -0.05) is 47.8 Å². The average Bonchev–Trinajstić information content (AvgIpc) is 1.35. The molecule has 0 fully saturated rings. The van der Waals surface area contributed by atoms with Gasteiger partial charge in [0.05, 0.1) is 0 Å². The number of halogens is 4. The van der Waals surface area contributed by atoms with E-state index in [0.29, 0.717) is 0 Å². The topological polar surface area (TPSA) is 0 Å². The molecule has 0 amide bonds. The van der Waals surface area contributed by atoms with E-state index < -0.39 is 8.82 Å². The zero-order valence-corrected chi connectivity index (χ0v) is 7.48.